The van der Waals surface area contributed by atoms with Gasteiger partial charge in [0.2, 0.25) is 11.8 Å². The molecule has 6 rings (SSSR count). The molecule has 198 valence electrons. The number of thiol groups is 1. The summed E-state index contributed by atoms with van der Waals surface area (Å²) in [4.78, 5) is 13.8. The van der Waals surface area contributed by atoms with E-state index in [4.69, 9.17) is 31.7 Å². The molecule has 38 heavy (non-hydrogen) atoms. The Morgan fingerprint density at radius 3 is 2.58 bits per heavy atom. The zero-order chi connectivity index (χ0) is 26.6. The van der Waals surface area contributed by atoms with Crippen molar-refractivity contribution in [2.75, 3.05) is 43.6 Å². The summed E-state index contributed by atoms with van der Waals surface area (Å²) in [5, 5.41) is 12.7. The number of benzene rings is 3. The molecular weight excluding hydrogens is 523 g/mol. The molecule has 2 aliphatic rings. The first-order chi connectivity index (χ1) is 18.3. The van der Waals surface area contributed by atoms with Gasteiger partial charge in [0.25, 0.3) is 0 Å². The molecule has 3 heterocycles. The lowest BCUT2D eigenvalue weighted by atomic mass is 9.96. The van der Waals surface area contributed by atoms with Crippen LogP contribution in [0.3, 0.4) is 0 Å². The van der Waals surface area contributed by atoms with Gasteiger partial charge in [0.15, 0.2) is 5.82 Å². The van der Waals surface area contributed by atoms with Gasteiger partial charge in [-0.05, 0) is 59.3 Å². The highest BCUT2D eigenvalue weighted by Crippen LogP contribution is 2.42. The van der Waals surface area contributed by atoms with Gasteiger partial charge in [0.1, 0.15) is 11.3 Å². The van der Waals surface area contributed by atoms with Crippen LogP contribution in [0.15, 0.2) is 46.8 Å². The van der Waals surface area contributed by atoms with Gasteiger partial charge in [-0.15, -0.1) is 0 Å². The molecule has 0 saturated carbocycles. The van der Waals surface area contributed by atoms with Crippen LogP contribution in [0.25, 0.3) is 32.8 Å². The monoisotopic (exact) mass is 553 g/mol. The summed E-state index contributed by atoms with van der Waals surface area (Å²) in [6.07, 6.45) is 1.87. The third-order valence-corrected chi connectivity index (χ3v) is 9.91. The molecule has 0 bridgehead atoms. The summed E-state index contributed by atoms with van der Waals surface area (Å²) in [7, 11) is 3.45. The van der Waals surface area contributed by atoms with Gasteiger partial charge in [-0.25, -0.2) is 9.37 Å². The zero-order valence-electron chi connectivity index (χ0n) is 21.4. The van der Waals surface area contributed by atoms with Gasteiger partial charge in [0, 0.05) is 43.6 Å². The zero-order valence-corrected chi connectivity index (χ0v) is 23.1. The Labute approximate surface area is 228 Å². The van der Waals surface area contributed by atoms with Crippen molar-refractivity contribution in [1.82, 2.24) is 14.9 Å². The number of aromatic nitrogens is 2. The maximum absolute atomic E-state index is 16.5. The highest BCUT2D eigenvalue weighted by atomic mass is 35.5. The average Bonchev–Trinajstić information content (AvgIpc) is 2.85. The van der Waals surface area contributed by atoms with Gasteiger partial charge in [0.05, 0.1) is 21.9 Å². The first kappa shape index (κ1) is 25.4. The number of rotatable bonds is 4. The summed E-state index contributed by atoms with van der Waals surface area (Å²) >= 11 is 6.78. The first-order valence-corrected chi connectivity index (χ1v) is 14.9. The van der Waals surface area contributed by atoms with Crippen molar-refractivity contribution in [1.29, 1.82) is 0 Å². The lowest BCUT2D eigenvalue weighted by Crippen LogP contribution is -2.58. The van der Waals surface area contributed by atoms with Crippen LogP contribution in [0.2, 0.25) is 5.02 Å². The van der Waals surface area contributed by atoms with E-state index in [0.29, 0.717) is 28.8 Å². The number of likely N-dealkylation sites (N-methyl/N-ethyl adjacent to an activating group) is 1. The van der Waals surface area contributed by atoms with Gasteiger partial charge in [-0.2, -0.15) is 4.98 Å². The van der Waals surface area contributed by atoms with Crippen LogP contribution in [0.1, 0.15) is 12.8 Å². The van der Waals surface area contributed by atoms with E-state index in [9.17, 15) is 5.11 Å². The number of fused-ring (bicyclic) bond motifs is 2. The fourth-order valence-corrected chi connectivity index (χ4v) is 7.60. The Balaban J connectivity index is 1.55. The molecule has 0 atom stereocenters. The van der Waals surface area contributed by atoms with E-state index in [1.807, 2.05) is 38.4 Å². The largest absolute Gasteiger partial charge is 0.508 e. The Hall–Kier alpha value is -2.85. The van der Waals surface area contributed by atoms with Crippen molar-refractivity contribution in [3.05, 3.63) is 53.3 Å². The number of hydrogen-bond acceptors (Lipinski definition) is 7. The molecule has 0 radical (unpaired) electrons. The van der Waals surface area contributed by atoms with Crippen molar-refractivity contribution >= 4 is 55.7 Å². The molecule has 1 aromatic heterocycles. The SMILES string of the molecule is CN(C)C1CN(c2nc(N=[SH+]3CCC(N)CC3)c3cc(Cl)c(-c4cc(O)cc5ccccc45)c(F)c3n2)C1. The molecule has 0 unspecified atom stereocenters. The summed E-state index contributed by atoms with van der Waals surface area (Å²) in [6, 6.07) is 13.1. The molecule has 2 aliphatic heterocycles. The maximum atomic E-state index is 16.5. The van der Waals surface area contributed by atoms with E-state index in [-0.39, 0.29) is 27.9 Å². The minimum atomic E-state index is -0.654. The van der Waals surface area contributed by atoms with Crippen LogP contribution >= 0.6 is 11.6 Å². The highest BCUT2D eigenvalue weighted by Gasteiger charge is 2.32. The summed E-state index contributed by atoms with van der Waals surface area (Å²) < 4.78 is 21.6. The minimum absolute atomic E-state index is 0.0435. The molecule has 0 aliphatic carbocycles. The van der Waals surface area contributed by atoms with Crippen molar-refractivity contribution in [3.63, 3.8) is 0 Å². The Bertz CT molecular complexity index is 1580. The van der Waals surface area contributed by atoms with E-state index < -0.39 is 16.5 Å². The van der Waals surface area contributed by atoms with Gasteiger partial charge >= 0.3 is 0 Å². The number of hydrogen-bond donors (Lipinski definition) is 2. The molecule has 2 fully saturated rings. The Morgan fingerprint density at radius 2 is 1.84 bits per heavy atom. The number of nitrogens with zero attached hydrogens (tertiary/aromatic N) is 5. The van der Waals surface area contributed by atoms with Crippen LogP contribution in [0, 0.1) is 5.82 Å². The highest BCUT2D eigenvalue weighted by molar-refractivity contribution is 7.87. The van der Waals surface area contributed by atoms with Crippen molar-refractivity contribution in [2.45, 2.75) is 24.9 Å². The number of aromatic hydroxyl groups is 1. The Kier molecular flexibility index (Phi) is 6.72. The third kappa shape index (κ3) is 4.62. The fourth-order valence-electron chi connectivity index (χ4n) is 5.20. The van der Waals surface area contributed by atoms with E-state index >= 15 is 4.39 Å². The molecule has 0 amide bonds. The van der Waals surface area contributed by atoms with E-state index in [0.717, 1.165) is 48.2 Å². The second kappa shape index (κ2) is 10.0. The summed E-state index contributed by atoms with van der Waals surface area (Å²) in [6.45, 7) is 1.53. The van der Waals surface area contributed by atoms with E-state index in [1.165, 1.54) is 0 Å². The molecule has 7 nitrogen and oxygen atoms in total. The number of anilines is 1. The van der Waals surface area contributed by atoms with Gasteiger partial charge < -0.3 is 20.6 Å². The van der Waals surface area contributed by atoms with Crippen molar-refractivity contribution < 1.29 is 9.50 Å². The lowest BCUT2D eigenvalue weighted by Gasteiger charge is -2.42. The molecule has 0 spiro atoms. The number of halogens is 2. The number of phenols is 1. The average molecular weight is 554 g/mol. The maximum Gasteiger partial charge on any atom is 0.228 e. The summed E-state index contributed by atoms with van der Waals surface area (Å²) in [5.41, 5.74) is 7.04. The molecular formula is C28H31ClFN6OS+. The molecule has 10 heteroatoms. The topological polar surface area (TPSA) is 90.9 Å². The van der Waals surface area contributed by atoms with Crippen molar-refractivity contribution in [3.8, 4) is 16.9 Å². The summed E-state index contributed by atoms with van der Waals surface area (Å²) in [5.74, 6) is 2.35. The lowest BCUT2D eigenvalue weighted by molar-refractivity contribution is 0.245. The van der Waals surface area contributed by atoms with Crippen LogP contribution in [-0.2, 0) is 10.7 Å². The van der Waals surface area contributed by atoms with Gasteiger partial charge in [-0.1, -0.05) is 40.2 Å². The number of nitrogens with two attached hydrogens (primary N) is 1. The van der Waals surface area contributed by atoms with E-state index in [1.54, 1.807) is 18.2 Å². The predicted octanol–water partition coefficient (Wildman–Crippen LogP) is 4.99. The van der Waals surface area contributed by atoms with Gasteiger partial charge in [-0.3, -0.25) is 0 Å². The van der Waals surface area contributed by atoms with Crippen molar-refractivity contribution in [2.24, 2.45) is 10.1 Å². The van der Waals surface area contributed by atoms with E-state index in [2.05, 4.69) is 9.80 Å². The molecule has 2 saturated heterocycles. The predicted molar refractivity (Wildman–Crippen MR) is 157 cm³/mol. The second-order valence-corrected chi connectivity index (χ2v) is 12.9. The smallest absolute Gasteiger partial charge is 0.228 e. The first-order valence-electron chi connectivity index (χ1n) is 12.8. The molecule has 4 aromatic rings. The second-order valence-electron chi connectivity index (χ2n) is 10.4. The number of phenolic OH excluding ortho intramolecular Hbond substituents is 1. The van der Waals surface area contributed by atoms with Crippen LogP contribution in [0.5, 0.6) is 5.75 Å². The van der Waals surface area contributed by atoms with Crippen LogP contribution in [0.4, 0.5) is 16.2 Å². The fraction of sp³-hybridized carbons (Fsp3) is 0.357. The quantitative estimate of drug-likeness (QED) is 0.273. The molecule has 3 N–H and O–H groups in total. The normalized spacial score (nSPS) is 20.3. The molecule has 3 aromatic carbocycles. The standard InChI is InChI=1S/C28H30ClFN6OS/c1-35(2)18-14-36(15-18)28-32-26-22(27(33-28)34-38-9-7-17(31)8-10-38)13-23(29)24(25(26)30)21-12-19(37)11-16-5-3-4-6-20(16)21/h3-6,11-13,17-18,37H,7-10,14-15,31H2,1-2H3/p+1. The van der Waals surface area contributed by atoms with Crippen LogP contribution < -0.4 is 10.6 Å². The van der Waals surface area contributed by atoms with Crippen LogP contribution in [-0.4, -0.2) is 70.7 Å². The minimum Gasteiger partial charge on any atom is -0.508 e. The Morgan fingerprint density at radius 1 is 1.11 bits per heavy atom. The third-order valence-electron chi connectivity index (χ3n) is 7.59.